The minimum Gasteiger partial charge on any atom is -0.338 e. The number of thioether (sulfide) groups is 1. The first-order valence-corrected chi connectivity index (χ1v) is 7.44. The molecule has 1 atom stereocenters. The Morgan fingerprint density at radius 3 is 2.83 bits per heavy atom. The second kappa shape index (κ2) is 5.33. The third kappa shape index (κ3) is 2.54. The fourth-order valence-electron chi connectivity index (χ4n) is 2.36. The van der Waals surface area contributed by atoms with Crippen LogP contribution in [0.25, 0.3) is 0 Å². The van der Waals surface area contributed by atoms with Crippen LogP contribution in [-0.4, -0.2) is 36.7 Å². The zero-order chi connectivity index (χ0) is 13.2. The van der Waals surface area contributed by atoms with Crippen LogP contribution in [0.15, 0.2) is 29.2 Å². The fourth-order valence-corrected chi connectivity index (χ4v) is 2.95. The molecule has 1 aromatic carbocycles. The molecular weight excluding hydrogens is 244 g/mol. The van der Waals surface area contributed by atoms with Crippen LogP contribution in [0.2, 0.25) is 0 Å². The molecule has 0 aliphatic carbocycles. The minimum atomic E-state index is 0.0873. The molecule has 2 N–H and O–H groups in total. The van der Waals surface area contributed by atoms with Crippen molar-refractivity contribution in [2.75, 3.05) is 25.9 Å². The predicted molar refractivity (Wildman–Crippen MR) is 75.9 cm³/mol. The number of carbonyl (C=O) groups is 1. The van der Waals surface area contributed by atoms with Crippen LogP contribution in [0, 0.1) is 5.41 Å². The average Bonchev–Trinajstić information content (AvgIpc) is 2.81. The highest BCUT2D eigenvalue weighted by molar-refractivity contribution is 7.98. The molecule has 1 aliphatic heterocycles. The molecule has 1 amide bonds. The molecule has 2 rings (SSSR count). The van der Waals surface area contributed by atoms with E-state index in [2.05, 4.69) is 6.92 Å². The second-order valence-corrected chi connectivity index (χ2v) is 6.04. The van der Waals surface area contributed by atoms with Crippen molar-refractivity contribution >= 4 is 17.7 Å². The van der Waals surface area contributed by atoms with E-state index in [4.69, 9.17) is 5.73 Å². The van der Waals surface area contributed by atoms with Crippen LogP contribution in [0.1, 0.15) is 23.7 Å². The van der Waals surface area contributed by atoms with E-state index in [0.717, 1.165) is 30.0 Å². The first kappa shape index (κ1) is 13.4. The fraction of sp³-hybridized carbons (Fsp3) is 0.500. The highest BCUT2D eigenvalue weighted by Crippen LogP contribution is 2.31. The Kier molecular flexibility index (Phi) is 3.97. The first-order valence-electron chi connectivity index (χ1n) is 6.22. The number of hydrogen-bond donors (Lipinski definition) is 1. The van der Waals surface area contributed by atoms with Gasteiger partial charge in [0.25, 0.3) is 5.91 Å². The molecule has 1 aromatic rings. The van der Waals surface area contributed by atoms with Gasteiger partial charge in [0, 0.05) is 18.0 Å². The molecular formula is C14H20N2OS. The van der Waals surface area contributed by atoms with Crippen LogP contribution in [0.4, 0.5) is 0 Å². The van der Waals surface area contributed by atoms with Gasteiger partial charge < -0.3 is 10.6 Å². The number of likely N-dealkylation sites (tertiary alicyclic amines) is 1. The van der Waals surface area contributed by atoms with Gasteiger partial charge in [-0.2, -0.15) is 0 Å². The molecule has 0 saturated carbocycles. The Morgan fingerprint density at radius 2 is 2.22 bits per heavy atom. The van der Waals surface area contributed by atoms with Crippen LogP contribution < -0.4 is 5.73 Å². The molecule has 0 spiro atoms. The quantitative estimate of drug-likeness (QED) is 0.852. The van der Waals surface area contributed by atoms with Crippen LogP contribution in [0.3, 0.4) is 0 Å². The molecule has 0 radical (unpaired) electrons. The molecule has 18 heavy (non-hydrogen) atoms. The number of benzene rings is 1. The lowest BCUT2D eigenvalue weighted by Gasteiger charge is -2.23. The van der Waals surface area contributed by atoms with Crippen molar-refractivity contribution in [1.82, 2.24) is 4.90 Å². The summed E-state index contributed by atoms with van der Waals surface area (Å²) >= 11 is 1.62. The smallest absolute Gasteiger partial charge is 0.255 e. The Balaban J connectivity index is 2.18. The van der Waals surface area contributed by atoms with E-state index >= 15 is 0 Å². The zero-order valence-electron chi connectivity index (χ0n) is 11.0. The molecule has 0 aromatic heterocycles. The van der Waals surface area contributed by atoms with Gasteiger partial charge in [-0.25, -0.2) is 0 Å². The number of nitrogens with two attached hydrogens (primary N) is 1. The minimum absolute atomic E-state index is 0.0873. The van der Waals surface area contributed by atoms with Crippen molar-refractivity contribution in [3.8, 4) is 0 Å². The van der Waals surface area contributed by atoms with E-state index in [1.807, 2.05) is 35.4 Å². The standard InChI is InChI=1S/C14H20N2OS/c1-14(9-15)7-8-16(10-14)13(17)11-5-3-4-6-12(11)18-2/h3-6H,7-10,15H2,1-2H3. The lowest BCUT2D eigenvalue weighted by atomic mass is 9.90. The Hall–Kier alpha value is -1.00. The SMILES string of the molecule is CSc1ccccc1C(=O)N1CCC(C)(CN)C1. The summed E-state index contributed by atoms with van der Waals surface area (Å²) in [5.41, 5.74) is 6.68. The maximum Gasteiger partial charge on any atom is 0.255 e. The van der Waals surface area contributed by atoms with Gasteiger partial charge in [0.2, 0.25) is 0 Å². The number of carbonyl (C=O) groups excluding carboxylic acids is 1. The van der Waals surface area contributed by atoms with Crippen LogP contribution in [-0.2, 0) is 0 Å². The van der Waals surface area contributed by atoms with E-state index in [0.29, 0.717) is 6.54 Å². The van der Waals surface area contributed by atoms with Crippen molar-refractivity contribution in [2.45, 2.75) is 18.2 Å². The van der Waals surface area contributed by atoms with E-state index in [1.54, 1.807) is 11.8 Å². The lowest BCUT2D eigenvalue weighted by molar-refractivity contribution is 0.0773. The molecule has 4 heteroatoms. The first-order chi connectivity index (χ1) is 8.59. The largest absolute Gasteiger partial charge is 0.338 e. The monoisotopic (exact) mass is 264 g/mol. The van der Waals surface area contributed by atoms with Gasteiger partial charge in [0.05, 0.1) is 5.56 Å². The van der Waals surface area contributed by atoms with Crippen LogP contribution in [0.5, 0.6) is 0 Å². The summed E-state index contributed by atoms with van der Waals surface area (Å²) in [6.07, 6.45) is 3.00. The van der Waals surface area contributed by atoms with Gasteiger partial charge in [0.15, 0.2) is 0 Å². The summed E-state index contributed by atoms with van der Waals surface area (Å²) in [6, 6.07) is 7.80. The highest BCUT2D eigenvalue weighted by atomic mass is 32.2. The summed E-state index contributed by atoms with van der Waals surface area (Å²) in [6.45, 7) is 4.38. The third-order valence-corrected chi connectivity index (χ3v) is 4.47. The van der Waals surface area contributed by atoms with E-state index in [1.165, 1.54) is 0 Å². The van der Waals surface area contributed by atoms with Gasteiger partial charge in [-0.3, -0.25) is 4.79 Å². The van der Waals surface area contributed by atoms with Gasteiger partial charge in [-0.1, -0.05) is 19.1 Å². The molecule has 3 nitrogen and oxygen atoms in total. The van der Waals surface area contributed by atoms with Gasteiger partial charge in [0.1, 0.15) is 0 Å². The molecule has 98 valence electrons. The Labute approximate surface area is 113 Å². The summed E-state index contributed by atoms with van der Waals surface area (Å²) in [5.74, 6) is 0.136. The average molecular weight is 264 g/mol. The molecule has 1 aliphatic rings. The van der Waals surface area contributed by atoms with Crippen molar-refractivity contribution in [3.63, 3.8) is 0 Å². The molecule has 1 unspecified atom stereocenters. The summed E-state index contributed by atoms with van der Waals surface area (Å²) in [5, 5.41) is 0. The summed E-state index contributed by atoms with van der Waals surface area (Å²) in [4.78, 5) is 15.5. The maximum atomic E-state index is 12.5. The zero-order valence-corrected chi connectivity index (χ0v) is 11.8. The topological polar surface area (TPSA) is 46.3 Å². The Morgan fingerprint density at radius 1 is 1.50 bits per heavy atom. The van der Waals surface area contributed by atoms with Gasteiger partial charge >= 0.3 is 0 Å². The van der Waals surface area contributed by atoms with E-state index in [-0.39, 0.29) is 11.3 Å². The Bertz CT molecular complexity index is 449. The highest BCUT2D eigenvalue weighted by Gasteiger charge is 2.35. The van der Waals surface area contributed by atoms with E-state index in [9.17, 15) is 4.79 Å². The number of rotatable bonds is 3. The van der Waals surface area contributed by atoms with Gasteiger partial charge in [-0.05, 0) is 36.8 Å². The van der Waals surface area contributed by atoms with Gasteiger partial charge in [-0.15, -0.1) is 11.8 Å². The van der Waals surface area contributed by atoms with Crippen molar-refractivity contribution in [3.05, 3.63) is 29.8 Å². The maximum absolute atomic E-state index is 12.5. The molecule has 0 bridgehead atoms. The second-order valence-electron chi connectivity index (χ2n) is 5.19. The predicted octanol–water partition coefficient (Wildman–Crippen LogP) is 2.22. The molecule has 1 fully saturated rings. The van der Waals surface area contributed by atoms with Crippen molar-refractivity contribution in [2.24, 2.45) is 11.1 Å². The van der Waals surface area contributed by atoms with E-state index < -0.39 is 0 Å². The molecule has 1 saturated heterocycles. The number of amides is 1. The normalized spacial score (nSPS) is 23.4. The summed E-state index contributed by atoms with van der Waals surface area (Å²) in [7, 11) is 0. The number of nitrogens with zero attached hydrogens (tertiary/aromatic N) is 1. The molecule has 1 heterocycles. The lowest BCUT2D eigenvalue weighted by Crippen LogP contribution is -2.34. The third-order valence-electron chi connectivity index (χ3n) is 3.68. The van der Waals surface area contributed by atoms with Crippen molar-refractivity contribution in [1.29, 1.82) is 0 Å². The summed E-state index contributed by atoms with van der Waals surface area (Å²) < 4.78 is 0. The van der Waals surface area contributed by atoms with Crippen LogP contribution >= 0.6 is 11.8 Å². The van der Waals surface area contributed by atoms with Crippen molar-refractivity contribution < 1.29 is 4.79 Å². The number of hydrogen-bond acceptors (Lipinski definition) is 3.